The van der Waals surface area contributed by atoms with E-state index in [2.05, 4.69) is 93.7 Å². The van der Waals surface area contributed by atoms with Crippen LogP contribution in [0, 0.1) is 7.14 Å². The van der Waals surface area contributed by atoms with Gasteiger partial charge >= 0.3 is 0 Å². The number of benzene rings is 2. The predicted octanol–water partition coefficient (Wildman–Crippen LogP) is 5.33. The molecule has 0 nitrogen and oxygen atoms in total. The Balaban J connectivity index is 1.83. The van der Waals surface area contributed by atoms with Crippen molar-refractivity contribution in [2.45, 2.75) is 11.5 Å². The van der Waals surface area contributed by atoms with E-state index in [9.17, 15) is 0 Å². The highest BCUT2D eigenvalue weighted by atomic mass is 127. The van der Waals surface area contributed by atoms with Gasteiger partial charge in [0.1, 0.15) is 0 Å². The van der Waals surface area contributed by atoms with E-state index in [-0.39, 0.29) is 0 Å². The second-order valence-corrected chi connectivity index (χ2v) is 7.22. The average molecular weight is 466 g/mol. The van der Waals surface area contributed by atoms with E-state index in [0.717, 1.165) is 11.5 Å². The van der Waals surface area contributed by atoms with Crippen molar-refractivity contribution in [3.8, 4) is 0 Å². The van der Waals surface area contributed by atoms with Gasteiger partial charge in [0.05, 0.1) is 0 Å². The van der Waals surface area contributed by atoms with Crippen molar-refractivity contribution >= 4 is 56.9 Å². The summed E-state index contributed by atoms with van der Waals surface area (Å²) in [5.74, 6) is 2.17. The van der Waals surface area contributed by atoms with Crippen LogP contribution in [0.2, 0.25) is 0 Å². The summed E-state index contributed by atoms with van der Waals surface area (Å²) in [7, 11) is 0. The molecule has 0 radical (unpaired) electrons. The van der Waals surface area contributed by atoms with Gasteiger partial charge in [-0.3, -0.25) is 0 Å². The molecule has 0 N–H and O–H groups in total. The smallest absolute Gasteiger partial charge is 0.0187 e. The second-order valence-electron chi connectivity index (χ2n) is 3.75. The second kappa shape index (κ2) is 6.99. The van der Waals surface area contributed by atoms with E-state index >= 15 is 0 Å². The Bertz CT molecular complexity index is 417. The van der Waals surface area contributed by atoms with Crippen molar-refractivity contribution in [2.24, 2.45) is 0 Å². The molecule has 0 saturated heterocycles. The van der Waals surface area contributed by atoms with Crippen molar-refractivity contribution < 1.29 is 0 Å². The first-order valence-corrected chi connectivity index (χ1v) is 8.62. The van der Waals surface area contributed by atoms with E-state index in [4.69, 9.17) is 0 Å². The van der Waals surface area contributed by atoms with Crippen LogP contribution in [0.15, 0.2) is 48.5 Å². The minimum atomic E-state index is 1.09. The largest absolute Gasteiger partial charge is 0.152 e. The van der Waals surface area contributed by atoms with E-state index in [1.807, 2.05) is 11.8 Å². The molecular weight excluding hydrogens is 454 g/mol. The van der Waals surface area contributed by atoms with Crippen molar-refractivity contribution in [3.63, 3.8) is 0 Å². The zero-order valence-corrected chi connectivity index (χ0v) is 14.3. The lowest BCUT2D eigenvalue weighted by atomic mass is 10.2. The predicted molar refractivity (Wildman–Crippen MR) is 93.3 cm³/mol. The zero-order valence-electron chi connectivity index (χ0n) is 9.20. The fourth-order valence-corrected chi connectivity index (χ4v) is 3.13. The first-order chi connectivity index (χ1) is 8.24. The summed E-state index contributed by atoms with van der Waals surface area (Å²) in [6.07, 6.45) is 0. The Kier molecular flexibility index (Phi) is 5.62. The van der Waals surface area contributed by atoms with E-state index in [1.54, 1.807) is 0 Å². The van der Waals surface area contributed by atoms with Gasteiger partial charge in [-0.1, -0.05) is 24.3 Å². The van der Waals surface area contributed by atoms with Crippen molar-refractivity contribution in [2.75, 3.05) is 0 Å². The lowest BCUT2D eigenvalue weighted by Gasteiger charge is -2.03. The zero-order chi connectivity index (χ0) is 12.1. The maximum absolute atomic E-state index is 2.34. The molecule has 0 bridgehead atoms. The Morgan fingerprint density at radius 3 is 1.35 bits per heavy atom. The summed E-state index contributed by atoms with van der Waals surface area (Å²) in [5.41, 5.74) is 2.81. The third kappa shape index (κ3) is 4.79. The molecule has 2 aromatic carbocycles. The standard InChI is InChI=1S/C14H12I2S/c15-13-5-1-11(2-6-13)9-17-10-12-3-7-14(16)8-4-12/h1-8H,9-10H2. The highest BCUT2D eigenvalue weighted by molar-refractivity contribution is 14.1. The molecular formula is C14H12I2S. The molecule has 0 aliphatic heterocycles. The van der Waals surface area contributed by atoms with Crippen LogP contribution in [0.5, 0.6) is 0 Å². The Morgan fingerprint density at radius 1 is 0.647 bits per heavy atom. The number of hydrogen-bond donors (Lipinski definition) is 0. The molecule has 2 aromatic rings. The minimum absolute atomic E-state index is 1.09. The summed E-state index contributed by atoms with van der Waals surface area (Å²) in [4.78, 5) is 0. The maximum atomic E-state index is 2.34. The fraction of sp³-hybridized carbons (Fsp3) is 0.143. The highest BCUT2D eigenvalue weighted by Gasteiger charge is 1.96. The highest BCUT2D eigenvalue weighted by Crippen LogP contribution is 2.19. The third-order valence-corrected chi connectivity index (χ3v) is 4.88. The summed E-state index contributed by atoms with van der Waals surface area (Å²) < 4.78 is 2.60. The molecule has 3 heteroatoms. The average Bonchev–Trinajstić information content (AvgIpc) is 2.34. The van der Waals surface area contributed by atoms with Crippen LogP contribution in [0.1, 0.15) is 11.1 Å². The molecule has 0 fully saturated rings. The monoisotopic (exact) mass is 466 g/mol. The number of halogens is 2. The van der Waals surface area contributed by atoms with Crippen molar-refractivity contribution in [3.05, 3.63) is 66.8 Å². The van der Waals surface area contributed by atoms with Gasteiger partial charge in [0.15, 0.2) is 0 Å². The van der Waals surface area contributed by atoms with E-state index in [1.165, 1.54) is 18.3 Å². The van der Waals surface area contributed by atoms with Gasteiger partial charge in [-0.2, -0.15) is 11.8 Å². The molecule has 0 aromatic heterocycles. The van der Waals surface area contributed by atoms with Crippen LogP contribution < -0.4 is 0 Å². The van der Waals surface area contributed by atoms with Crippen LogP contribution >= 0.6 is 56.9 Å². The molecule has 2 rings (SSSR count). The normalized spacial score (nSPS) is 10.5. The van der Waals surface area contributed by atoms with Crippen LogP contribution in [0.25, 0.3) is 0 Å². The lowest BCUT2D eigenvalue weighted by Crippen LogP contribution is -1.84. The fourth-order valence-electron chi connectivity index (χ4n) is 1.45. The quantitative estimate of drug-likeness (QED) is 0.550. The molecule has 0 aliphatic rings. The SMILES string of the molecule is Ic1ccc(CSCc2ccc(I)cc2)cc1. The Morgan fingerprint density at radius 2 is 1.00 bits per heavy atom. The summed E-state index contributed by atoms with van der Waals surface area (Å²) in [6.45, 7) is 0. The topological polar surface area (TPSA) is 0 Å². The van der Waals surface area contributed by atoms with Crippen LogP contribution in [-0.4, -0.2) is 0 Å². The minimum Gasteiger partial charge on any atom is -0.152 e. The van der Waals surface area contributed by atoms with Gasteiger partial charge in [0.2, 0.25) is 0 Å². The van der Waals surface area contributed by atoms with Crippen molar-refractivity contribution in [1.29, 1.82) is 0 Å². The maximum Gasteiger partial charge on any atom is 0.0187 e. The van der Waals surface area contributed by atoms with Gasteiger partial charge in [0, 0.05) is 18.6 Å². The van der Waals surface area contributed by atoms with Gasteiger partial charge in [-0.15, -0.1) is 0 Å². The summed E-state index contributed by atoms with van der Waals surface area (Å²) in [6, 6.07) is 17.5. The molecule has 0 aliphatic carbocycles. The molecule has 17 heavy (non-hydrogen) atoms. The molecule has 0 atom stereocenters. The van der Waals surface area contributed by atoms with Gasteiger partial charge in [0.25, 0.3) is 0 Å². The number of hydrogen-bond acceptors (Lipinski definition) is 1. The van der Waals surface area contributed by atoms with Crippen molar-refractivity contribution in [1.82, 2.24) is 0 Å². The number of rotatable bonds is 4. The molecule has 0 unspecified atom stereocenters. The molecule has 0 heterocycles. The van der Waals surface area contributed by atoms with E-state index < -0.39 is 0 Å². The van der Waals surface area contributed by atoms with E-state index in [0.29, 0.717) is 0 Å². The van der Waals surface area contributed by atoms with Gasteiger partial charge in [-0.25, -0.2) is 0 Å². The van der Waals surface area contributed by atoms with Gasteiger partial charge < -0.3 is 0 Å². The Hall–Kier alpha value is 0.250. The molecule has 0 spiro atoms. The third-order valence-electron chi connectivity index (χ3n) is 2.36. The first kappa shape index (κ1) is 13.7. The molecule has 0 amide bonds. The summed E-state index contributed by atoms with van der Waals surface area (Å²) >= 11 is 6.64. The van der Waals surface area contributed by atoms with Crippen LogP contribution in [0.4, 0.5) is 0 Å². The summed E-state index contributed by atoms with van der Waals surface area (Å²) in [5, 5.41) is 0. The molecule has 0 saturated carbocycles. The van der Waals surface area contributed by atoms with Crippen LogP contribution in [0.3, 0.4) is 0 Å². The first-order valence-electron chi connectivity index (χ1n) is 5.31. The Labute approximate surface area is 134 Å². The number of thioether (sulfide) groups is 1. The van der Waals surface area contributed by atoms with Crippen LogP contribution in [-0.2, 0) is 11.5 Å². The van der Waals surface area contributed by atoms with Gasteiger partial charge in [-0.05, 0) is 80.6 Å². The molecule has 88 valence electrons. The lowest BCUT2D eigenvalue weighted by molar-refractivity contribution is 1.36.